The minimum absolute atomic E-state index is 0.424. The van der Waals surface area contributed by atoms with Gasteiger partial charge in [0.15, 0.2) is 6.29 Å². The zero-order valence-corrected chi connectivity index (χ0v) is 12.4. The summed E-state index contributed by atoms with van der Waals surface area (Å²) in [7, 11) is 0. The Balaban J connectivity index is 1.69. The highest BCUT2D eigenvalue weighted by Crippen LogP contribution is 2.27. The fraction of sp³-hybridized carbons (Fsp3) is 1.00. The summed E-state index contributed by atoms with van der Waals surface area (Å²) >= 11 is 0. The van der Waals surface area contributed by atoms with Gasteiger partial charge in [0, 0.05) is 6.61 Å². The minimum atomic E-state index is -1.36. The highest BCUT2D eigenvalue weighted by molar-refractivity contribution is 4.88. The van der Waals surface area contributed by atoms with Crippen molar-refractivity contribution >= 4 is 0 Å². The highest BCUT2D eigenvalue weighted by atomic mass is 16.7. The molecule has 2 aliphatic rings. The Morgan fingerprint density at radius 1 is 0.952 bits per heavy atom. The van der Waals surface area contributed by atoms with Crippen LogP contribution in [0.15, 0.2) is 0 Å². The van der Waals surface area contributed by atoms with Crippen LogP contribution in [0.4, 0.5) is 0 Å². The fourth-order valence-corrected chi connectivity index (χ4v) is 3.25. The summed E-state index contributed by atoms with van der Waals surface area (Å²) in [6.45, 7) is 0.0199. The van der Waals surface area contributed by atoms with Gasteiger partial charge in [0.25, 0.3) is 0 Å². The van der Waals surface area contributed by atoms with E-state index in [9.17, 15) is 15.3 Å². The summed E-state index contributed by atoms with van der Waals surface area (Å²) in [6, 6.07) is 0. The number of ether oxygens (including phenoxy) is 2. The van der Waals surface area contributed by atoms with Gasteiger partial charge in [0.05, 0.1) is 6.61 Å². The molecule has 0 aromatic heterocycles. The van der Waals surface area contributed by atoms with Gasteiger partial charge in [0.2, 0.25) is 0 Å². The van der Waals surface area contributed by atoms with Crippen molar-refractivity contribution in [1.82, 2.24) is 0 Å². The van der Waals surface area contributed by atoms with Crippen LogP contribution in [0, 0.1) is 5.92 Å². The summed E-state index contributed by atoms with van der Waals surface area (Å²) in [6.07, 6.45) is 2.69. The molecule has 1 saturated carbocycles. The van der Waals surface area contributed by atoms with Gasteiger partial charge in [0.1, 0.15) is 24.4 Å². The molecular weight excluding hydrogens is 276 g/mol. The van der Waals surface area contributed by atoms with Gasteiger partial charge in [-0.15, -0.1) is 0 Å². The second-order valence-corrected chi connectivity index (χ2v) is 6.21. The van der Waals surface area contributed by atoms with E-state index in [1.54, 1.807) is 0 Å². The van der Waals surface area contributed by atoms with Crippen molar-refractivity contribution in [2.75, 3.05) is 13.2 Å². The van der Waals surface area contributed by atoms with E-state index in [4.69, 9.17) is 14.6 Å². The molecule has 5 atom stereocenters. The smallest absolute Gasteiger partial charge is 0.186 e. The van der Waals surface area contributed by atoms with Crippen LogP contribution in [0.3, 0.4) is 0 Å². The van der Waals surface area contributed by atoms with Crippen LogP contribution >= 0.6 is 0 Å². The Bertz CT molecular complexity index is 292. The standard InChI is InChI=1S/C15H28O6/c16-9-11-12(17)13(18)14(19)15(21-11)20-8-4-7-10-5-2-1-3-6-10/h10-19H,1-9H2/t11-,12-,13+,14-,15-/m1/s1. The first-order valence-corrected chi connectivity index (χ1v) is 8.05. The highest BCUT2D eigenvalue weighted by Gasteiger charge is 2.43. The third kappa shape index (κ3) is 4.61. The maximum absolute atomic E-state index is 9.83. The third-order valence-electron chi connectivity index (χ3n) is 4.61. The maximum Gasteiger partial charge on any atom is 0.186 e. The van der Waals surface area contributed by atoms with Crippen molar-refractivity contribution in [3.05, 3.63) is 0 Å². The Hall–Kier alpha value is -0.240. The molecule has 1 saturated heterocycles. The number of hydrogen-bond acceptors (Lipinski definition) is 6. The molecule has 21 heavy (non-hydrogen) atoms. The van der Waals surface area contributed by atoms with E-state index in [-0.39, 0.29) is 0 Å². The van der Waals surface area contributed by atoms with Crippen molar-refractivity contribution in [3.63, 3.8) is 0 Å². The number of aliphatic hydroxyl groups excluding tert-OH is 4. The van der Waals surface area contributed by atoms with E-state index >= 15 is 0 Å². The van der Waals surface area contributed by atoms with Gasteiger partial charge >= 0.3 is 0 Å². The topological polar surface area (TPSA) is 99.4 Å². The lowest BCUT2D eigenvalue weighted by Crippen LogP contribution is -2.59. The molecule has 0 spiro atoms. The zero-order valence-electron chi connectivity index (χ0n) is 12.4. The Labute approximate surface area is 125 Å². The van der Waals surface area contributed by atoms with Crippen LogP contribution in [0.2, 0.25) is 0 Å². The molecular formula is C15H28O6. The molecule has 1 heterocycles. The molecule has 0 unspecified atom stereocenters. The molecule has 1 aliphatic carbocycles. The lowest BCUT2D eigenvalue weighted by molar-refractivity contribution is -0.301. The fourth-order valence-electron chi connectivity index (χ4n) is 3.25. The van der Waals surface area contributed by atoms with Gasteiger partial charge in [-0.3, -0.25) is 0 Å². The predicted molar refractivity (Wildman–Crippen MR) is 75.5 cm³/mol. The number of aliphatic hydroxyl groups is 4. The summed E-state index contributed by atoms with van der Waals surface area (Å²) in [5.74, 6) is 0.775. The lowest BCUT2D eigenvalue weighted by atomic mass is 9.86. The van der Waals surface area contributed by atoms with E-state index in [0.717, 1.165) is 18.8 Å². The number of rotatable bonds is 6. The van der Waals surface area contributed by atoms with Crippen LogP contribution in [0.5, 0.6) is 0 Å². The molecule has 2 rings (SSSR count). The molecule has 0 aromatic rings. The van der Waals surface area contributed by atoms with Crippen molar-refractivity contribution in [2.24, 2.45) is 5.92 Å². The second-order valence-electron chi connectivity index (χ2n) is 6.21. The summed E-state index contributed by atoms with van der Waals surface area (Å²) in [5, 5.41) is 38.2. The van der Waals surface area contributed by atoms with Crippen LogP contribution in [-0.4, -0.2) is 64.3 Å². The van der Waals surface area contributed by atoms with Gasteiger partial charge in [-0.25, -0.2) is 0 Å². The molecule has 0 amide bonds. The van der Waals surface area contributed by atoms with Crippen molar-refractivity contribution in [2.45, 2.75) is 75.7 Å². The van der Waals surface area contributed by atoms with Crippen LogP contribution in [-0.2, 0) is 9.47 Å². The lowest BCUT2D eigenvalue weighted by Gasteiger charge is -2.39. The quantitative estimate of drug-likeness (QED) is 0.522. The normalized spacial score (nSPS) is 38.6. The molecule has 0 radical (unpaired) electrons. The van der Waals surface area contributed by atoms with Gasteiger partial charge in [-0.2, -0.15) is 0 Å². The molecule has 6 heteroatoms. The van der Waals surface area contributed by atoms with Crippen molar-refractivity contribution in [1.29, 1.82) is 0 Å². The van der Waals surface area contributed by atoms with Crippen LogP contribution in [0.1, 0.15) is 44.9 Å². The SMILES string of the molecule is OC[C@H]1O[C@@H](OCCCC2CCCCC2)[C@H](O)[C@@H](O)[C@@H]1O. The minimum Gasteiger partial charge on any atom is -0.394 e. The average molecular weight is 304 g/mol. The van der Waals surface area contributed by atoms with Crippen molar-refractivity contribution < 1.29 is 29.9 Å². The first-order valence-electron chi connectivity index (χ1n) is 8.05. The summed E-state index contributed by atoms with van der Waals surface area (Å²) in [4.78, 5) is 0. The zero-order chi connectivity index (χ0) is 15.2. The molecule has 124 valence electrons. The van der Waals surface area contributed by atoms with E-state index < -0.39 is 37.3 Å². The molecule has 6 nitrogen and oxygen atoms in total. The van der Waals surface area contributed by atoms with Gasteiger partial charge < -0.3 is 29.9 Å². The molecule has 2 fully saturated rings. The molecule has 4 N–H and O–H groups in total. The predicted octanol–water partition coefficient (Wildman–Crippen LogP) is 0.163. The van der Waals surface area contributed by atoms with E-state index in [0.29, 0.717) is 6.61 Å². The summed E-state index contributed by atoms with van der Waals surface area (Å²) in [5.41, 5.74) is 0. The molecule has 0 aromatic carbocycles. The molecule has 0 bridgehead atoms. The van der Waals surface area contributed by atoms with Gasteiger partial charge in [-0.1, -0.05) is 32.1 Å². The monoisotopic (exact) mass is 304 g/mol. The Morgan fingerprint density at radius 2 is 1.67 bits per heavy atom. The Kier molecular flexibility index (Phi) is 6.85. The van der Waals surface area contributed by atoms with E-state index in [1.165, 1.54) is 32.1 Å². The average Bonchev–Trinajstić information content (AvgIpc) is 2.52. The summed E-state index contributed by atoms with van der Waals surface area (Å²) < 4.78 is 10.8. The first kappa shape index (κ1) is 17.1. The van der Waals surface area contributed by atoms with Crippen molar-refractivity contribution in [3.8, 4) is 0 Å². The van der Waals surface area contributed by atoms with E-state index in [2.05, 4.69) is 0 Å². The Morgan fingerprint density at radius 3 is 2.33 bits per heavy atom. The second kappa shape index (κ2) is 8.41. The number of hydrogen-bond donors (Lipinski definition) is 4. The van der Waals surface area contributed by atoms with Crippen LogP contribution in [0.25, 0.3) is 0 Å². The third-order valence-corrected chi connectivity index (χ3v) is 4.61. The maximum atomic E-state index is 9.83. The van der Waals surface area contributed by atoms with Crippen LogP contribution < -0.4 is 0 Å². The van der Waals surface area contributed by atoms with E-state index in [1.807, 2.05) is 0 Å². The first-order chi connectivity index (χ1) is 10.1. The molecule has 1 aliphatic heterocycles. The van der Waals surface area contributed by atoms with Gasteiger partial charge in [-0.05, 0) is 18.8 Å². The largest absolute Gasteiger partial charge is 0.394 e.